The maximum absolute atomic E-state index is 6.06. The van der Waals surface area contributed by atoms with Crippen molar-refractivity contribution in [3.05, 3.63) is 40.5 Å². The average Bonchev–Trinajstić information content (AvgIpc) is 2.21. The molecule has 4 nitrogen and oxygen atoms in total. The van der Waals surface area contributed by atoms with E-state index in [0.717, 1.165) is 11.3 Å². The zero-order chi connectivity index (χ0) is 12.4. The summed E-state index contributed by atoms with van der Waals surface area (Å²) in [6.07, 6.45) is 0. The number of aryl methyl sites for hydroxylation is 2. The van der Waals surface area contributed by atoms with Gasteiger partial charge in [0.25, 0.3) is 0 Å². The van der Waals surface area contributed by atoms with Crippen LogP contribution in [0.1, 0.15) is 11.3 Å². The van der Waals surface area contributed by atoms with Crippen LogP contribution in [0, 0.1) is 13.8 Å². The van der Waals surface area contributed by atoms with Crippen molar-refractivity contribution in [2.45, 2.75) is 13.8 Å². The Morgan fingerprint density at radius 3 is 2.59 bits per heavy atom. The highest BCUT2D eigenvalue weighted by Crippen LogP contribution is 2.29. The van der Waals surface area contributed by atoms with Gasteiger partial charge in [0.05, 0.1) is 5.02 Å². The van der Waals surface area contributed by atoms with Gasteiger partial charge in [-0.2, -0.15) is 4.98 Å². The number of halogens is 1. The van der Waals surface area contributed by atoms with Crippen LogP contribution in [-0.4, -0.2) is 9.97 Å². The second kappa shape index (κ2) is 4.59. The van der Waals surface area contributed by atoms with Crippen molar-refractivity contribution in [2.24, 2.45) is 0 Å². The summed E-state index contributed by atoms with van der Waals surface area (Å²) in [6.45, 7) is 3.78. The molecule has 2 N–H and O–H groups in total. The van der Waals surface area contributed by atoms with Crippen LogP contribution in [0.2, 0.25) is 5.02 Å². The molecular weight excluding hydrogens is 238 g/mol. The van der Waals surface area contributed by atoms with Crippen molar-refractivity contribution in [3.8, 4) is 11.6 Å². The SMILES string of the molecule is Cc1ccc(Oc2cc(C)nc(N)n2)c(Cl)c1. The lowest BCUT2D eigenvalue weighted by Gasteiger charge is -2.08. The van der Waals surface area contributed by atoms with E-state index in [1.165, 1.54) is 0 Å². The summed E-state index contributed by atoms with van der Waals surface area (Å²) in [6, 6.07) is 7.24. The molecule has 0 fully saturated rings. The molecule has 5 heteroatoms. The van der Waals surface area contributed by atoms with Gasteiger partial charge in [0.15, 0.2) is 0 Å². The summed E-state index contributed by atoms with van der Waals surface area (Å²) in [5.41, 5.74) is 7.36. The normalized spacial score (nSPS) is 10.3. The molecule has 2 rings (SSSR count). The fourth-order valence-corrected chi connectivity index (χ4v) is 1.69. The number of benzene rings is 1. The van der Waals surface area contributed by atoms with E-state index in [2.05, 4.69) is 9.97 Å². The summed E-state index contributed by atoms with van der Waals surface area (Å²) < 4.78 is 5.56. The van der Waals surface area contributed by atoms with E-state index in [0.29, 0.717) is 16.7 Å². The van der Waals surface area contributed by atoms with E-state index in [1.807, 2.05) is 26.0 Å². The second-order valence-corrected chi connectivity index (χ2v) is 4.15. The van der Waals surface area contributed by atoms with Crippen molar-refractivity contribution in [1.82, 2.24) is 9.97 Å². The lowest BCUT2D eigenvalue weighted by atomic mass is 10.2. The molecule has 1 aromatic heterocycles. The van der Waals surface area contributed by atoms with E-state index in [9.17, 15) is 0 Å². The first-order valence-electron chi connectivity index (χ1n) is 5.10. The minimum absolute atomic E-state index is 0.184. The summed E-state index contributed by atoms with van der Waals surface area (Å²) in [4.78, 5) is 7.94. The number of hydrogen-bond acceptors (Lipinski definition) is 4. The molecule has 0 unspecified atom stereocenters. The predicted octanol–water partition coefficient (Wildman–Crippen LogP) is 3.12. The van der Waals surface area contributed by atoms with Crippen LogP contribution in [0.3, 0.4) is 0 Å². The quantitative estimate of drug-likeness (QED) is 0.888. The molecule has 0 aliphatic carbocycles. The molecule has 1 aromatic carbocycles. The average molecular weight is 250 g/mol. The number of nitrogens with zero attached hydrogens (tertiary/aromatic N) is 2. The van der Waals surface area contributed by atoms with Gasteiger partial charge in [-0.1, -0.05) is 17.7 Å². The highest BCUT2D eigenvalue weighted by Gasteiger charge is 2.06. The molecule has 0 radical (unpaired) electrons. The molecule has 0 aliphatic heterocycles. The molecular formula is C12H12ClN3O. The Morgan fingerprint density at radius 2 is 1.94 bits per heavy atom. The van der Waals surface area contributed by atoms with E-state index in [1.54, 1.807) is 12.1 Å². The van der Waals surface area contributed by atoms with Crippen LogP contribution in [0.5, 0.6) is 11.6 Å². The van der Waals surface area contributed by atoms with Crippen molar-refractivity contribution in [2.75, 3.05) is 5.73 Å². The Labute approximate surface area is 104 Å². The molecule has 2 aromatic rings. The first-order valence-corrected chi connectivity index (χ1v) is 5.47. The number of nitrogen functional groups attached to an aromatic ring is 1. The molecule has 0 atom stereocenters. The van der Waals surface area contributed by atoms with E-state index < -0.39 is 0 Å². The zero-order valence-corrected chi connectivity index (χ0v) is 10.3. The molecule has 0 spiro atoms. The van der Waals surface area contributed by atoms with Crippen molar-refractivity contribution < 1.29 is 4.74 Å². The molecule has 17 heavy (non-hydrogen) atoms. The molecule has 0 bridgehead atoms. The number of hydrogen-bond donors (Lipinski definition) is 1. The standard InChI is InChI=1S/C12H12ClN3O/c1-7-3-4-10(9(13)5-7)17-11-6-8(2)15-12(14)16-11/h3-6H,1-2H3,(H2,14,15,16). The molecule has 88 valence electrons. The first-order chi connectivity index (χ1) is 8.04. The largest absolute Gasteiger partial charge is 0.437 e. The third kappa shape index (κ3) is 2.85. The second-order valence-electron chi connectivity index (χ2n) is 3.74. The van der Waals surface area contributed by atoms with Crippen molar-refractivity contribution in [1.29, 1.82) is 0 Å². The van der Waals surface area contributed by atoms with Crippen LogP contribution in [0.4, 0.5) is 5.95 Å². The fraction of sp³-hybridized carbons (Fsp3) is 0.167. The number of nitrogens with two attached hydrogens (primary N) is 1. The monoisotopic (exact) mass is 249 g/mol. The van der Waals surface area contributed by atoms with Crippen LogP contribution in [-0.2, 0) is 0 Å². The minimum Gasteiger partial charge on any atom is -0.437 e. The summed E-state index contributed by atoms with van der Waals surface area (Å²) in [5, 5.41) is 0.542. The third-order valence-electron chi connectivity index (χ3n) is 2.15. The Hall–Kier alpha value is -1.81. The summed E-state index contributed by atoms with van der Waals surface area (Å²) in [7, 11) is 0. The number of rotatable bonds is 2. The van der Waals surface area contributed by atoms with E-state index in [-0.39, 0.29) is 5.95 Å². The van der Waals surface area contributed by atoms with Crippen LogP contribution in [0.25, 0.3) is 0 Å². The van der Waals surface area contributed by atoms with Crippen LogP contribution < -0.4 is 10.5 Å². The van der Waals surface area contributed by atoms with Crippen molar-refractivity contribution >= 4 is 17.5 Å². The van der Waals surface area contributed by atoms with Crippen LogP contribution >= 0.6 is 11.6 Å². The van der Waals surface area contributed by atoms with Gasteiger partial charge in [0.1, 0.15) is 5.75 Å². The maximum atomic E-state index is 6.06. The molecule has 1 heterocycles. The number of ether oxygens (including phenoxy) is 1. The van der Waals surface area contributed by atoms with Gasteiger partial charge in [-0.05, 0) is 31.5 Å². The van der Waals surface area contributed by atoms with Crippen molar-refractivity contribution in [3.63, 3.8) is 0 Å². The van der Waals surface area contributed by atoms with Gasteiger partial charge in [0, 0.05) is 11.8 Å². The predicted molar refractivity (Wildman–Crippen MR) is 67.4 cm³/mol. The first kappa shape index (κ1) is 11.7. The molecule has 0 amide bonds. The minimum atomic E-state index is 0.184. The van der Waals surface area contributed by atoms with Gasteiger partial charge in [-0.15, -0.1) is 0 Å². The number of aromatic nitrogens is 2. The lowest BCUT2D eigenvalue weighted by Crippen LogP contribution is -1.98. The van der Waals surface area contributed by atoms with Gasteiger partial charge in [0.2, 0.25) is 11.8 Å². The maximum Gasteiger partial charge on any atom is 0.224 e. The van der Waals surface area contributed by atoms with Gasteiger partial charge in [-0.3, -0.25) is 0 Å². The van der Waals surface area contributed by atoms with Gasteiger partial charge >= 0.3 is 0 Å². The van der Waals surface area contributed by atoms with E-state index in [4.69, 9.17) is 22.1 Å². The van der Waals surface area contributed by atoms with Crippen LogP contribution in [0.15, 0.2) is 24.3 Å². The zero-order valence-electron chi connectivity index (χ0n) is 9.57. The Morgan fingerprint density at radius 1 is 1.18 bits per heavy atom. The lowest BCUT2D eigenvalue weighted by molar-refractivity contribution is 0.462. The summed E-state index contributed by atoms with van der Waals surface area (Å²) in [5.74, 6) is 1.12. The Kier molecular flexibility index (Phi) is 3.15. The molecule has 0 saturated heterocycles. The highest BCUT2D eigenvalue weighted by molar-refractivity contribution is 6.32. The van der Waals surface area contributed by atoms with E-state index >= 15 is 0 Å². The van der Waals surface area contributed by atoms with Gasteiger partial charge in [-0.25, -0.2) is 4.98 Å². The number of anilines is 1. The fourth-order valence-electron chi connectivity index (χ4n) is 1.42. The molecule has 0 saturated carbocycles. The highest BCUT2D eigenvalue weighted by atomic mass is 35.5. The Bertz CT molecular complexity index is 537. The Balaban J connectivity index is 2.31. The smallest absolute Gasteiger partial charge is 0.224 e. The summed E-state index contributed by atoms with van der Waals surface area (Å²) >= 11 is 6.06. The topological polar surface area (TPSA) is 61.0 Å². The third-order valence-corrected chi connectivity index (χ3v) is 2.45. The van der Waals surface area contributed by atoms with Gasteiger partial charge < -0.3 is 10.5 Å². The molecule has 0 aliphatic rings.